The van der Waals surface area contributed by atoms with Crippen molar-refractivity contribution in [3.63, 3.8) is 0 Å². The Bertz CT molecular complexity index is 16.0. The van der Waals surface area contributed by atoms with Crippen molar-refractivity contribution >= 4 is 12.2 Å². The molecule has 1 N–H and O–H groups in total. The van der Waals surface area contributed by atoms with Crippen molar-refractivity contribution in [3.05, 3.63) is 0 Å². The van der Waals surface area contributed by atoms with Gasteiger partial charge in [-0.3, -0.25) is 4.18 Å². The second-order valence-corrected chi connectivity index (χ2v) is 1.18. The quantitative estimate of drug-likeness (QED) is 0.328. The van der Waals surface area contributed by atoms with Crippen molar-refractivity contribution in [2.45, 2.75) is 0 Å². The van der Waals surface area contributed by atoms with Gasteiger partial charge in [-0.05, 0) is 0 Å². The SMILES string of the molecule is C1NSO1. The Balaban J connectivity index is 2.00. The highest BCUT2D eigenvalue weighted by atomic mass is 32.2. The van der Waals surface area contributed by atoms with Crippen LogP contribution < -0.4 is 4.72 Å². The maximum atomic E-state index is 4.53. The molecule has 1 saturated heterocycles. The van der Waals surface area contributed by atoms with Crippen LogP contribution in [0.3, 0.4) is 0 Å². The molecule has 0 amide bonds. The topological polar surface area (TPSA) is 21.3 Å². The summed E-state index contributed by atoms with van der Waals surface area (Å²) in [5.41, 5.74) is 0. The Morgan fingerprint density at radius 2 is 2.25 bits per heavy atom. The second-order valence-electron chi connectivity index (χ2n) is 0.490. The lowest BCUT2D eigenvalue weighted by Crippen LogP contribution is -2.17. The molecule has 3 heteroatoms. The number of hydrogen-bond donors (Lipinski definition) is 1. The average molecular weight is 77.1 g/mol. The first-order valence-corrected chi connectivity index (χ1v) is 1.75. The fraction of sp³-hybridized carbons (Fsp3) is 1.00. The van der Waals surface area contributed by atoms with E-state index in [2.05, 4.69) is 8.91 Å². The van der Waals surface area contributed by atoms with E-state index in [0.29, 0.717) is 6.73 Å². The third kappa shape index (κ3) is 0.201. The average Bonchev–Trinajstić information content (AvgIpc) is 0.722. The van der Waals surface area contributed by atoms with Crippen molar-refractivity contribution in [2.24, 2.45) is 0 Å². The summed E-state index contributed by atoms with van der Waals surface area (Å²) >= 11 is 1.29. The molecule has 1 aliphatic heterocycles. The van der Waals surface area contributed by atoms with Crippen LogP contribution in [0.25, 0.3) is 0 Å². The highest BCUT2D eigenvalue weighted by molar-refractivity contribution is 7.93. The molecular weight excluding hydrogens is 74.1 g/mol. The lowest BCUT2D eigenvalue weighted by molar-refractivity contribution is 0.312. The van der Waals surface area contributed by atoms with Gasteiger partial charge in [0.05, 0.1) is 12.2 Å². The monoisotopic (exact) mass is 77.0 g/mol. The highest BCUT2D eigenvalue weighted by Gasteiger charge is 1.94. The molecule has 0 unspecified atom stereocenters. The third-order valence-corrected chi connectivity index (χ3v) is 0.707. The van der Waals surface area contributed by atoms with E-state index in [1.807, 2.05) is 0 Å². The smallest absolute Gasteiger partial charge is 0.124 e. The van der Waals surface area contributed by atoms with Gasteiger partial charge in [0.2, 0.25) is 0 Å². The van der Waals surface area contributed by atoms with Crippen LogP contribution in [-0.4, -0.2) is 6.73 Å². The van der Waals surface area contributed by atoms with E-state index in [9.17, 15) is 0 Å². The van der Waals surface area contributed by atoms with Gasteiger partial charge in [0.25, 0.3) is 0 Å². The molecule has 0 aliphatic carbocycles. The lowest BCUT2D eigenvalue weighted by atomic mass is 11.4. The summed E-state index contributed by atoms with van der Waals surface area (Å²) in [6.45, 7) is 0.713. The van der Waals surface area contributed by atoms with E-state index in [0.717, 1.165) is 0 Å². The second kappa shape index (κ2) is 0.924. The predicted octanol–water partition coefficient (Wildman–Crippen LogP) is 0.127. The summed E-state index contributed by atoms with van der Waals surface area (Å²) in [7, 11) is 0. The Morgan fingerprint density at radius 1 is 2.00 bits per heavy atom. The fourth-order valence-electron chi connectivity index (χ4n) is 0.0589. The Morgan fingerprint density at radius 3 is 2.25 bits per heavy atom. The van der Waals surface area contributed by atoms with Crippen molar-refractivity contribution in [3.8, 4) is 0 Å². The van der Waals surface area contributed by atoms with E-state index in [4.69, 9.17) is 0 Å². The molecule has 1 heterocycles. The van der Waals surface area contributed by atoms with Gasteiger partial charge in [-0.25, -0.2) is 4.72 Å². The molecule has 0 spiro atoms. The van der Waals surface area contributed by atoms with Crippen LogP contribution in [0.5, 0.6) is 0 Å². The van der Waals surface area contributed by atoms with E-state index in [1.165, 1.54) is 12.2 Å². The first kappa shape index (κ1) is 2.50. The summed E-state index contributed by atoms with van der Waals surface area (Å²) in [6, 6.07) is 0. The van der Waals surface area contributed by atoms with E-state index in [1.54, 1.807) is 0 Å². The van der Waals surface area contributed by atoms with Gasteiger partial charge in [0.15, 0.2) is 0 Å². The summed E-state index contributed by atoms with van der Waals surface area (Å²) in [4.78, 5) is 0. The predicted molar refractivity (Wildman–Crippen MR) is 16.7 cm³/mol. The molecular formula is CH3NOS. The highest BCUT2D eigenvalue weighted by Crippen LogP contribution is 2.02. The van der Waals surface area contributed by atoms with Crippen LogP contribution in [0.15, 0.2) is 0 Å². The molecule has 2 nitrogen and oxygen atoms in total. The van der Waals surface area contributed by atoms with Gasteiger partial charge >= 0.3 is 0 Å². The number of rotatable bonds is 0. The van der Waals surface area contributed by atoms with Crippen molar-refractivity contribution in [2.75, 3.05) is 6.73 Å². The molecule has 4 heavy (non-hydrogen) atoms. The van der Waals surface area contributed by atoms with Crippen LogP contribution in [0.2, 0.25) is 0 Å². The first-order chi connectivity index (χ1) is 2.00. The Labute approximate surface area is 28.9 Å². The third-order valence-electron chi connectivity index (χ3n) is 0.236. The van der Waals surface area contributed by atoms with Gasteiger partial charge in [-0.15, -0.1) is 0 Å². The van der Waals surface area contributed by atoms with Crippen molar-refractivity contribution in [1.29, 1.82) is 0 Å². The van der Waals surface area contributed by atoms with Crippen LogP contribution in [0.4, 0.5) is 0 Å². The Hall–Kier alpha value is 0.270. The van der Waals surface area contributed by atoms with Crippen LogP contribution >= 0.6 is 12.2 Å². The molecule has 0 saturated carbocycles. The summed E-state index contributed by atoms with van der Waals surface area (Å²) in [5, 5.41) is 0. The van der Waals surface area contributed by atoms with Gasteiger partial charge in [0.1, 0.15) is 6.73 Å². The minimum Gasteiger partial charge on any atom is -0.285 e. The van der Waals surface area contributed by atoms with E-state index < -0.39 is 0 Å². The summed E-state index contributed by atoms with van der Waals surface area (Å²) < 4.78 is 7.33. The molecule has 0 aromatic rings. The molecule has 0 bridgehead atoms. The van der Waals surface area contributed by atoms with Gasteiger partial charge < -0.3 is 0 Å². The molecule has 24 valence electrons. The van der Waals surface area contributed by atoms with Gasteiger partial charge in [-0.2, -0.15) is 0 Å². The lowest BCUT2D eigenvalue weighted by Gasteiger charge is -2.08. The first-order valence-electron chi connectivity index (χ1n) is 1.01. The molecule has 0 aromatic carbocycles. The standard InChI is InChI=1S/CH3NOS/c1-2-4-3-1/h2H,1H2. The maximum absolute atomic E-state index is 4.53. The fourth-order valence-corrected chi connectivity index (χ4v) is 0.177. The maximum Gasteiger partial charge on any atom is 0.124 e. The minimum absolute atomic E-state index is 0.713. The van der Waals surface area contributed by atoms with Crippen molar-refractivity contribution in [1.82, 2.24) is 4.72 Å². The van der Waals surface area contributed by atoms with Gasteiger partial charge in [-0.1, -0.05) is 0 Å². The molecule has 1 aliphatic rings. The molecule has 1 rings (SSSR count). The summed E-state index contributed by atoms with van der Waals surface area (Å²) in [5.74, 6) is 0. The summed E-state index contributed by atoms with van der Waals surface area (Å²) in [6.07, 6.45) is 0. The van der Waals surface area contributed by atoms with E-state index >= 15 is 0 Å². The van der Waals surface area contributed by atoms with Crippen LogP contribution in [-0.2, 0) is 4.18 Å². The van der Waals surface area contributed by atoms with Crippen molar-refractivity contribution < 1.29 is 4.18 Å². The largest absolute Gasteiger partial charge is 0.285 e. The van der Waals surface area contributed by atoms with E-state index in [-0.39, 0.29) is 0 Å². The molecule has 0 radical (unpaired) electrons. The zero-order valence-corrected chi connectivity index (χ0v) is 2.84. The zero-order valence-electron chi connectivity index (χ0n) is 2.02. The number of hydrogen-bond acceptors (Lipinski definition) is 3. The van der Waals surface area contributed by atoms with Crippen LogP contribution in [0, 0.1) is 0 Å². The van der Waals surface area contributed by atoms with Gasteiger partial charge in [0, 0.05) is 0 Å². The molecule has 1 fully saturated rings. The zero-order chi connectivity index (χ0) is 2.83. The molecule has 0 atom stereocenters. The molecule has 0 aromatic heterocycles. The number of nitrogens with one attached hydrogen (secondary N) is 1. The van der Waals surface area contributed by atoms with Crippen LogP contribution in [0.1, 0.15) is 0 Å². The Kier molecular flexibility index (Phi) is 0.579. The minimum atomic E-state index is 0.713. The normalized spacial score (nSPS) is 24.0.